The molecule has 0 saturated carbocycles. The van der Waals surface area contributed by atoms with Crippen molar-refractivity contribution in [2.75, 3.05) is 5.32 Å². The van der Waals surface area contributed by atoms with Crippen LogP contribution in [0.15, 0.2) is 48.8 Å². The van der Waals surface area contributed by atoms with Gasteiger partial charge >= 0.3 is 6.61 Å². The fourth-order valence-electron chi connectivity index (χ4n) is 2.51. The number of benzene rings is 1. The van der Waals surface area contributed by atoms with E-state index in [9.17, 15) is 13.6 Å². The van der Waals surface area contributed by atoms with Crippen molar-refractivity contribution in [3.63, 3.8) is 0 Å². The highest BCUT2D eigenvalue weighted by atomic mass is 32.1. The van der Waals surface area contributed by atoms with Gasteiger partial charge in [-0.05, 0) is 48.6 Å². The summed E-state index contributed by atoms with van der Waals surface area (Å²) in [6.07, 6.45) is 4.32. The lowest BCUT2D eigenvalue weighted by Crippen LogP contribution is -2.20. The monoisotopic (exact) mass is 393 g/mol. The summed E-state index contributed by atoms with van der Waals surface area (Å²) in [6, 6.07) is 9.39. The molecule has 0 aliphatic heterocycles. The van der Waals surface area contributed by atoms with Gasteiger partial charge in [-0.25, -0.2) is 9.36 Å². The van der Waals surface area contributed by atoms with Gasteiger partial charge in [-0.3, -0.25) is 9.47 Å². The number of amides is 1. The van der Waals surface area contributed by atoms with Crippen molar-refractivity contribution < 1.29 is 18.3 Å². The SMILES string of the molecule is CCc1nn(CC(=O)Nc2ccc(OC(F)F)cc2)c(=S)n1-n1cccc1. The minimum absolute atomic E-state index is 0.0169. The van der Waals surface area contributed by atoms with Crippen LogP contribution in [-0.4, -0.2) is 31.7 Å². The number of anilines is 1. The molecule has 0 saturated heterocycles. The first-order valence-electron chi connectivity index (χ1n) is 8.15. The Bertz CT molecular complexity index is 964. The number of nitrogens with one attached hydrogen (secondary N) is 1. The zero-order chi connectivity index (χ0) is 19.4. The molecule has 2 aromatic heterocycles. The zero-order valence-corrected chi connectivity index (χ0v) is 15.2. The fraction of sp³-hybridized carbons (Fsp3) is 0.235. The molecule has 0 bridgehead atoms. The van der Waals surface area contributed by atoms with Crippen LogP contribution in [0.2, 0.25) is 0 Å². The van der Waals surface area contributed by atoms with Gasteiger partial charge in [-0.1, -0.05) is 6.92 Å². The van der Waals surface area contributed by atoms with E-state index in [4.69, 9.17) is 12.2 Å². The molecular formula is C17H17F2N5O2S. The molecule has 0 fully saturated rings. The Kier molecular flexibility index (Phi) is 5.65. The second-order valence-electron chi connectivity index (χ2n) is 5.54. The lowest BCUT2D eigenvalue weighted by atomic mass is 10.3. The topological polar surface area (TPSA) is 66.0 Å². The summed E-state index contributed by atoms with van der Waals surface area (Å²) in [5.74, 6) is 0.397. The molecule has 0 radical (unpaired) electrons. The van der Waals surface area contributed by atoms with Gasteiger partial charge < -0.3 is 10.1 Å². The summed E-state index contributed by atoms with van der Waals surface area (Å²) in [4.78, 5) is 12.3. The van der Waals surface area contributed by atoms with E-state index in [0.717, 1.165) is 5.82 Å². The van der Waals surface area contributed by atoms with Gasteiger partial charge in [0, 0.05) is 24.5 Å². The minimum atomic E-state index is -2.89. The fourth-order valence-corrected chi connectivity index (χ4v) is 2.82. The largest absolute Gasteiger partial charge is 0.435 e. The van der Waals surface area contributed by atoms with E-state index in [1.165, 1.54) is 28.9 Å². The number of nitrogens with zero attached hydrogens (tertiary/aromatic N) is 4. The first-order chi connectivity index (χ1) is 13.0. The highest BCUT2D eigenvalue weighted by Crippen LogP contribution is 2.17. The summed E-state index contributed by atoms with van der Waals surface area (Å²) in [5, 5.41) is 7.08. The predicted molar refractivity (Wildman–Crippen MR) is 97.4 cm³/mol. The molecule has 27 heavy (non-hydrogen) atoms. The van der Waals surface area contributed by atoms with Crippen molar-refractivity contribution in [1.29, 1.82) is 0 Å². The van der Waals surface area contributed by atoms with Gasteiger partial charge in [0.2, 0.25) is 10.7 Å². The number of hydrogen-bond acceptors (Lipinski definition) is 4. The van der Waals surface area contributed by atoms with Crippen molar-refractivity contribution >= 4 is 23.8 Å². The molecule has 7 nitrogen and oxygen atoms in total. The number of aromatic nitrogens is 4. The van der Waals surface area contributed by atoms with Gasteiger partial charge in [0.25, 0.3) is 0 Å². The molecule has 1 amide bonds. The van der Waals surface area contributed by atoms with Crippen LogP contribution in [-0.2, 0) is 17.8 Å². The Balaban J connectivity index is 1.72. The highest BCUT2D eigenvalue weighted by molar-refractivity contribution is 7.71. The molecule has 0 aliphatic rings. The lowest BCUT2D eigenvalue weighted by Gasteiger charge is -2.08. The van der Waals surface area contributed by atoms with Crippen LogP contribution in [0, 0.1) is 4.77 Å². The minimum Gasteiger partial charge on any atom is -0.435 e. The first kappa shape index (κ1) is 18.8. The number of alkyl halides is 2. The third kappa shape index (κ3) is 4.40. The lowest BCUT2D eigenvalue weighted by molar-refractivity contribution is -0.116. The number of ether oxygens (including phenoxy) is 1. The van der Waals surface area contributed by atoms with E-state index in [2.05, 4.69) is 15.2 Å². The third-order valence-electron chi connectivity index (χ3n) is 3.68. The van der Waals surface area contributed by atoms with Crippen LogP contribution >= 0.6 is 12.2 Å². The van der Waals surface area contributed by atoms with Crippen LogP contribution < -0.4 is 10.1 Å². The molecule has 0 atom stereocenters. The molecule has 0 aliphatic carbocycles. The number of aryl methyl sites for hydroxylation is 1. The van der Waals surface area contributed by atoms with Gasteiger partial charge in [-0.15, -0.1) is 0 Å². The molecule has 0 unspecified atom stereocenters. The number of carbonyl (C=O) groups excluding carboxylic acids is 1. The van der Waals surface area contributed by atoms with Crippen molar-refractivity contribution in [3.8, 4) is 5.75 Å². The van der Waals surface area contributed by atoms with E-state index in [0.29, 0.717) is 16.9 Å². The van der Waals surface area contributed by atoms with E-state index in [1.807, 2.05) is 31.5 Å². The number of carbonyl (C=O) groups is 1. The van der Waals surface area contributed by atoms with Crippen molar-refractivity contribution in [1.82, 2.24) is 19.1 Å². The average Bonchev–Trinajstić information content (AvgIpc) is 3.24. The number of rotatable bonds is 7. The van der Waals surface area contributed by atoms with Crippen molar-refractivity contribution in [3.05, 3.63) is 59.4 Å². The van der Waals surface area contributed by atoms with E-state index < -0.39 is 6.61 Å². The van der Waals surface area contributed by atoms with Crippen LogP contribution in [0.3, 0.4) is 0 Å². The number of hydrogen-bond donors (Lipinski definition) is 1. The quantitative estimate of drug-likeness (QED) is 0.626. The van der Waals surface area contributed by atoms with Gasteiger partial charge in [0.1, 0.15) is 12.3 Å². The standard InChI is InChI=1S/C17H17F2N5O2S/c1-2-14-21-23(17(27)24(14)22-9-3-4-10-22)11-15(25)20-12-5-7-13(8-6-12)26-16(18)19/h3-10,16H,2,11H2,1H3,(H,20,25). The Morgan fingerprint density at radius 2 is 1.93 bits per heavy atom. The molecule has 0 spiro atoms. The molecular weight excluding hydrogens is 376 g/mol. The molecule has 3 aromatic rings. The van der Waals surface area contributed by atoms with E-state index >= 15 is 0 Å². The van der Waals surface area contributed by atoms with Crippen LogP contribution in [0.25, 0.3) is 0 Å². The van der Waals surface area contributed by atoms with Gasteiger partial charge in [0.15, 0.2) is 5.82 Å². The Morgan fingerprint density at radius 1 is 1.26 bits per heavy atom. The van der Waals surface area contributed by atoms with Gasteiger partial charge in [0.05, 0.1) is 0 Å². The van der Waals surface area contributed by atoms with Crippen molar-refractivity contribution in [2.24, 2.45) is 0 Å². The van der Waals surface area contributed by atoms with Crippen LogP contribution in [0.4, 0.5) is 14.5 Å². The third-order valence-corrected chi connectivity index (χ3v) is 4.06. The molecule has 1 aromatic carbocycles. The molecule has 142 valence electrons. The summed E-state index contributed by atoms with van der Waals surface area (Å²) < 4.78 is 34.0. The Morgan fingerprint density at radius 3 is 2.52 bits per heavy atom. The first-order valence-corrected chi connectivity index (χ1v) is 8.56. The van der Waals surface area contributed by atoms with E-state index in [1.54, 1.807) is 9.35 Å². The normalized spacial score (nSPS) is 11.0. The van der Waals surface area contributed by atoms with Crippen molar-refractivity contribution in [2.45, 2.75) is 26.5 Å². The van der Waals surface area contributed by atoms with Gasteiger partial charge in [-0.2, -0.15) is 13.9 Å². The maximum Gasteiger partial charge on any atom is 0.387 e. The summed E-state index contributed by atoms with van der Waals surface area (Å²) in [5.41, 5.74) is 0.452. The molecule has 2 heterocycles. The van der Waals surface area contributed by atoms with E-state index in [-0.39, 0.29) is 18.2 Å². The second kappa shape index (κ2) is 8.12. The highest BCUT2D eigenvalue weighted by Gasteiger charge is 2.13. The maximum absolute atomic E-state index is 12.3. The molecule has 10 heteroatoms. The predicted octanol–water partition coefficient (Wildman–Crippen LogP) is 3.33. The van der Waals surface area contributed by atoms with Crippen LogP contribution in [0.5, 0.6) is 5.75 Å². The zero-order valence-electron chi connectivity index (χ0n) is 14.4. The summed E-state index contributed by atoms with van der Waals surface area (Å²) in [7, 11) is 0. The average molecular weight is 393 g/mol. The maximum atomic E-state index is 12.3. The smallest absolute Gasteiger partial charge is 0.387 e. The second-order valence-corrected chi connectivity index (χ2v) is 5.90. The summed E-state index contributed by atoms with van der Waals surface area (Å²) >= 11 is 5.44. The summed E-state index contributed by atoms with van der Waals surface area (Å²) in [6.45, 7) is -1.02. The number of halogens is 2. The Labute approximate surface area is 158 Å². The van der Waals surface area contributed by atoms with Crippen LogP contribution in [0.1, 0.15) is 12.7 Å². The molecule has 3 rings (SSSR count). The Hall–Kier alpha value is -3.01. The molecule has 1 N–H and O–H groups in total.